The second-order valence-electron chi connectivity index (χ2n) is 3.30. The first-order valence-corrected chi connectivity index (χ1v) is 4.87. The van der Waals surface area contributed by atoms with Gasteiger partial charge in [-0.1, -0.05) is 11.6 Å². The Hall–Kier alpha value is -1.48. The van der Waals surface area contributed by atoms with Crippen molar-refractivity contribution in [1.29, 1.82) is 0 Å². The molecule has 0 aliphatic heterocycles. The van der Waals surface area contributed by atoms with E-state index in [0.29, 0.717) is 5.02 Å². The Morgan fingerprint density at radius 2 is 2.13 bits per heavy atom. The zero-order chi connectivity index (χ0) is 11.0. The molecule has 2 rings (SSSR count). The SMILES string of the molecule is COc1ccc2c(Cl)cc(=O)[nH]c2c1C. The monoisotopic (exact) mass is 223 g/mol. The van der Waals surface area contributed by atoms with Crippen LogP contribution in [0.2, 0.25) is 5.02 Å². The maximum absolute atomic E-state index is 11.3. The lowest BCUT2D eigenvalue weighted by molar-refractivity contribution is 0.412. The topological polar surface area (TPSA) is 42.1 Å². The first-order valence-electron chi connectivity index (χ1n) is 4.49. The second-order valence-corrected chi connectivity index (χ2v) is 3.70. The van der Waals surface area contributed by atoms with Gasteiger partial charge in [0.15, 0.2) is 0 Å². The number of benzene rings is 1. The quantitative estimate of drug-likeness (QED) is 0.807. The molecule has 1 aromatic heterocycles. The Kier molecular flexibility index (Phi) is 2.40. The number of nitrogens with one attached hydrogen (secondary N) is 1. The van der Waals surface area contributed by atoms with Crippen molar-refractivity contribution < 1.29 is 4.74 Å². The molecule has 0 aliphatic rings. The Balaban J connectivity index is 2.92. The number of aryl methyl sites for hydroxylation is 1. The average Bonchev–Trinajstić information content (AvgIpc) is 2.19. The van der Waals surface area contributed by atoms with Crippen LogP contribution in [0, 0.1) is 6.92 Å². The number of halogens is 1. The van der Waals surface area contributed by atoms with Crippen molar-refractivity contribution >= 4 is 22.5 Å². The fraction of sp³-hybridized carbons (Fsp3) is 0.182. The van der Waals surface area contributed by atoms with Crippen LogP contribution < -0.4 is 10.3 Å². The van der Waals surface area contributed by atoms with Crippen LogP contribution in [0.1, 0.15) is 5.56 Å². The number of H-pyrrole nitrogens is 1. The summed E-state index contributed by atoms with van der Waals surface area (Å²) in [6.07, 6.45) is 0. The average molecular weight is 224 g/mol. The summed E-state index contributed by atoms with van der Waals surface area (Å²) >= 11 is 5.97. The third-order valence-corrected chi connectivity index (χ3v) is 2.71. The van der Waals surface area contributed by atoms with Gasteiger partial charge in [0.25, 0.3) is 0 Å². The van der Waals surface area contributed by atoms with Crippen LogP contribution >= 0.6 is 11.6 Å². The zero-order valence-corrected chi connectivity index (χ0v) is 9.18. The summed E-state index contributed by atoms with van der Waals surface area (Å²) in [5.41, 5.74) is 1.41. The zero-order valence-electron chi connectivity index (χ0n) is 8.43. The van der Waals surface area contributed by atoms with E-state index in [9.17, 15) is 4.79 Å². The number of hydrogen-bond donors (Lipinski definition) is 1. The molecule has 0 fully saturated rings. The summed E-state index contributed by atoms with van der Waals surface area (Å²) in [7, 11) is 1.59. The Labute approximate surface area is 91.6 Å². The predicted octanol–water partition coefficient (Wildman–Crippen LogP) is 2.50. The minimum absolute atomic E-state index is 0.205. The van der Waals surface area contributed by atoms with Crippen molar-refractivity contribution in [2.24, 2.45) is 0 Å². The van der Waals surface area contributed by atoms with Crippen molar-refractivity contribution in [3.8, 4) is 5.75 Å². The summed E-state index contributed by atoms with van der Waals surface area (Å²) in [6.45, 7) is 1.88. The minimum atomic E-state index is -0.205. The van der Waals surface area contributed by atoms with E-state index in [-0.39, 0.29) is 5.56 Å². The summed E-state index contributed by atoms with van der Waals surface area (Å²) in [5.74, 6) is 0.736. The molecule has 0 spiro atoms. The van der Waals surface area contributed by atoms with Crippen molar-refractivity contribution in [2.45, 2.75) is 6.92 Å². The fourth-order valence-electron chi connectivity index (χ4n) is 1.63. The van der Waals surface area contributed by atoms with Crippen LogP contribution in [0.15, 0.2) is 23.0 Å². The summed E-state index contributed by atoms with van der Waals surface area (Å²) in [5, 5.41) is 1.29. The van der Waals surface area contributed by atoms with Crippen LogP contribution in [0.3, 0.4) is 0 Å². The Morgan fingerprint density at radius 3 is 2.80 bits per heavy atom. The second kappa shape index (κ2) is 3.59. The smallest absolute Gasteiger partial charge is 0.249 e. The molecular weight excluding hydrogens is 214 g/mol. The largest absolute Gasteiger partial charge is 0.496 e. The van der Waals surface area contributed by atoms with E-state index in [4.69, 9.17) is 16.3 Å². The molecule has 2 aromatic rings. The molecule has 0 bridgehead atoms. The molecule has 3 nitrogen and oxygen atoms in total. The van der Waals surface area contributed by atoms with Gasteiger partial charge in [0.2, 0.25) is 5.56 Å². The number of rotatable bonds is 1. The van der Waals surface area contributed by atoms with E-state index in [1.165, 1.54) is 6.07 Å². The third kappa shape index (κ3) is 1.59. The first kappa shape index (κ1) is 10.1. The van der Waals surface area contributed by atoms with Crippen molar-refractivity contribution in [2.75, 3.05) is 7.11 Å². The highest BCUT2D eigenvalue weighted by Crippen LogP contribution is 2.28. The van der Waals surface area contributed by atoms with Gasteiger partial charge in [0.05, 0.1) is 17.6 Å². The van der Waals surface area contributed by atoms with Crippen molar-refractivity contribution in [3.05, 3.63) is 39.1 Å². The molecule has 0 amide bonds. The molecule has 0 atom stereocenters. The molecule has 0 saturated carbocycles. The molecule has 0 radical (unpaired) electrons. The van der Waals surface area contributed by atoms with Gasteiger partial charge in [-0.05, 0) is 19.1 Å². The maximum Gasteiger partial charge on any atom is 0.249 e. The van der Waals surface area contributed by atoms with Crippen LogP contribution in [-0.2, 0) is 0 Å². The van der Waals surface area contributed by atoms with Gasteiger partial charge in [-0.3, -0.25) is 4.79 Å². The van der Waals surface area contributed by atoms with E-state index in [1.54, 1.807) is 7.11 Å². The van der Waals surface area contributed by atoms with E-state index >= 15 is 0 Å². The number of aromatic nitrogens is 1. The van der Waals surface area contributed by atoms with Crippen LogP contribution in [-0.4, -0.2) is 12.1 Å². The maximum atomic E-state index is 11.3. The molecule has 1 heterocycles. The highest BCUT2D eigenvalue weighted by Gasteiger charge is 2.07. The summed E-state index contributed by atoms with van der Waals surface area (Å²) < 4.78 is 5.17. The Bertz CT molecular complexity index is 575. The van der Waals surface area contributed by atoms with Crippen LogP contribution in [0.4, 0.5) is 0 Å². The molecular formula is C11H10ClNO2. The van der Waals surface area contributed by atoms with Gasteiger partial charge in [-0.2, -0.15) is 0 Å². The lowest BCUT2D eigenvalue weighted by Crippen LogP contribution is -2.05. The number of hydrogen-bond acceptors (Lipinski definition) is 2. The van der Waals surface area contributed by atoms with Crippen LogP contribution in [0.5, 0.6) is 5.75 Å². The summed E-state index contributed by atoms with van der Waals surface area (Å²) in [4.78, 5) is 14.0. The number of fused-ring (bicyclic) bond motifs is 1. The lowest BCUT2D eigenvalue weighted by atomic mass is 10.1. The van der Waals surface area contributed by atoms with Gasteiger partial charge >= 0.3 is 0 Å². The fourth-order valence-corrected chi connectivity index (χ4v) is 1.88. The predicted molar refractivity (Wildman–Crippen MR) is 60.9 cm³/mol. The highest BCUT2D eigenvalue weighted by atomic mass is 35.5. The lowest BCUT2D eigenvalue weighted by Gasteiger charge is -2.08. The highest BCUT2D eigenvalue weighted by molar-refractivity contribution is 6.35. The molecule has 0 unspecified atom stereocenters. The molecule has 1 aromatic carbocycles. The van der Waals surface area contributed by atoms with E-state index in [0.717, 1.165) is 22.2 Å². The number of aromatic amines is 1. The number of pyridine rings is 1. The molecule has 15 heavy (non-hydrogen) atoms. The van der Waals surface area contributed by atoms with Crippen LogP contribution in [0.25, 0.3) is 10.9 Å². The van der Waals surface area contributed by atoms with Gasteiger partial charge in [-0.15, -0.1) is 0 Å². The van der Waals surface area contributed by atoms with Gasteiger partial charge in [0, 0.05) is 17.0 Å². The normalized spacial score (nSPS) is 10.6. The minimum Gasteiger partial charge on any atom is -0.496 e. The van der Waals surface area contributed by atoms with Crippen molar-refractivity contribution in [3.63, 3.8) is 0 Å². The van der Waals surface area contributed by atoms with Crippen molar-refractivity contribution in [1.82, 2.24) is 4.98 Å². The summed E-state index contributed by atoms with van der Waals surface area (Å²) in [6, 6.07) is 5.04. The van der Waals surface area contributed by atoms with Gasteiger partial charge < -0.3 is 9.72 Å². The Morgan fingerprint density at radius 1 is 1.40 bits per heavy atom. The standard InChI is InChI=1S/C11H10ClNO2/c1-6-9(15-2)4-3-7-8(12)5-10(14)13-11(6)7/h3-5H,1-2H3,(H,13,14). The number of methoxy groups -OCH3 is 1. The van der Waals surface area contributed by atoms with E-state index in [2.05, 4.69) is 4.98 Å². The first-order chi connectivity index (χ1) is 7.13. The molecule has 0 saturated heterocycles. The number of ether oxygens (including phenoxy) is 1. The van der Waals surface area contributed by atoms with Gasteiger partial charge in [0.1, 0.15) is 5.75 Å². The molecule has 4 heteroatoms. The molecule has 1 N–H and O–H groups in total. The van der Waals surface area contributed by atoms with Gasteiger partial charge in [-0.25, -0.2) is 0 Å². The van der Waals surface area contributed by atoms with E-state index in [1.807, 2.05) is 19.1 Å². The van der Waals surface area contributed by atoms with E-state index < -0.39 is 0 Å². The molecule has 0 aliphatic carbocycles. The molecule has 78 valence electrons. The third-order valence-electron chi connectivity index (χ3n) is 2.40.